The van der Waals surface area contributed by atoms with E-state index in [9.17, 15) is 18.4 Å². The fraction of sp³-hybridized carbons (Fsp3) is 0.333. The van der Waals surface area contributed by atoms with E-state index in [1.54, 1.807) is 24.3 Å². The number of nitrogens with one attached hydrogen (secondary N) is 1. The third-order valence-corrected chi connectivity index (χ3v) is 6.04. The van der Waals surface area contributed by atoms with Crippen LogP contribution in [0.4, 0.5) is 13.2 Å². The molecular formula is C24H22ClF3N2O. The lowest BCUT2D eigenvalue weighted by atomic mass is 9.91. The quantitative estimate of drug-likeness (QED) is 0.449. The second kappa shape index (κ2) is 8.76. The Balaban J connectivity index is 1.72. The van der Waals surface area contributed by atoms with Crippen LogP contribution in [0.3, 0.4) is 0 Å². The molecule has 0 bridgehead atoms. The Hall–Kier alpha value is -2.78. The van der Waals surface area contributed by atoms with Crippen LogP contribution in [0.5, 0.6) is 11.5 Å². The lowest BCUT2D eigenvalue weighted by Gasteiger charge is -2.13. The highest BCUT2D eigenvalue weighted by molar-refractivity contribution is 6.30. The second-order valence-corrected chi connectivity index (χ2v) is 8.64. The van der Waals surface area contributed by atoms with Crippen LogP contribution in [0.15, 0.2) is 65.7 Å². The molecule has 0 heterocycles. The maximum atomic E-state index is 12.8. The highest BCUT2D eigenvalue weighted by atomic mass is 35.5. The van der Waals surface area contributed by atoms with Crippen molar-refractivity contribution in [2.75, 3.05) is 0 Å². The number of allylic oxidation sites excluding steroid dienone is 2. The van der Waals surface area contributed by atoms with Gasteiger partial charge in [0, 0.05) is 18.1 Å². The molecule has 3 nitrogen and oxygen atoms in total. The summed E-state index contributed by atoms with van der Waals surface area (Å²) in [6.45, 7) is 3.62. The molecule has 162 valence electrons. The highest BCUT2D eigenvalue weighted by Gasteiger charge is 2.59. The number of benzene rings is 2. The van der Waals surface area contributed by atoms with Crippen LogP contribution in [0, 0.1) is 34.0 Å². The van der Waals surface area contributed by atoms with E-state index >= 15 is 0 Å². The van der Waals surface area contributed by atoms with Crippen molar-refractivity contribution in [2.24, 2.45) is 17.3 Å². The van der Waals surface area contributed by atoms with Crippen molar-refractivity contribution in [3.63, 3.8) is 0 Å². The summed E-state index contributed by atoms with van der Waals surface area (Å²) in [6, 6.07) is 18.5. The van der Waals surface area contributed by atoms with Gasteiger partial charge < -0.3 is 10.1 Å². The summed E-state index contributed by atoms with van der Waals surface area (Å²) in [4.78, 5) is 0. The molecule has 0 radical (unpaired) electrons. The fourth-order valence-corrected chi connectivity index (χ4v) is 4.05. The summed E-state index contributed by atoms with van der Waals surface area (Å²) in [5.74, 6) is -0.243. The third kappa shape index (κ3) is 5.29. The predicted octanol–water partition coefficient (Wildman–Crippen LogP) is 7.45. The number of ether oxygens (including phenoxy) is 1. The first-order chi connectivity index (χ1) is 14.5. The molecule has 1 aliphatic rings. The molecular weight excluding hydrogens is 425 g/mol. The molecule has 7 heteroatoms. The Morgan fingerprint density at radius 2 is 1.84 bits per heavy atom. The molecule has 0 saturated heterocycles. The molecule has 0 aromatic heterocycles. The molecule has 0 aliphatic heterocycles. The van der Waals surface area contributed by atoms with Gasteiger partial charge in [-0.05, 0) is 41.2 Å². The molecule has 3 unspecified atom stereocenters. The zero-order chi connectivity index (χ0) is 22.8. The van der Waals surface area contributed by atoms with Gasteiger partial charge >= 0.3 is 6.18 Å². The molecule has 2 aromatic rings. The zero-order valence-electron chi connectivity index (χ0n) is 17.1. The number of hydrogen-bond acceptors (Lipinski definition) is 3. The minimum Gasteiger partial charge on any atom is -0.457 e. The summed E-state index contributed by atoms with van der Waals surface area (Å²) in [6.07, 6.45) is -3.47. The minimum absolute atomic E-state index is 0.132. The average molecular weight is 447 g/mol. The first kappa shape index (κ1) is 22.9. The normalized spacial score (nSPS) is 21.1. The van der Waals surface area contributed by atoms with Gasteiger partial charge in [-0.3, -0.25) is 0 Å². The Morgan fingerprint density at radius 3 is 2.45 bits per heavy atom. The standard InChI is InChI=1S/C24H22ClF3N2O/c1-23(2)19(13-21(25)24(26,27)28)22(23)20(30)12-16(14-29)15-7-6-10-18(11-15)31-17-8-4-3-5-9-17/h3-11,13,16,19,22,30H,12H2,1-2H3. The van der Waals surface area contributed by atoms with E-state index in [-0.39, 0.29) is 18.1 Å². The number of para-hydroxylation sites is 1. The van der Waals surface area contributed by atoms with Crippen LogP contribution >= 0.6 is 11.6 Å². The largest absolute Gasteiger partial charge is 0.457 e. The second-order valence-electron chi connectivity index (χ2n) is 8.24. The minimum atomic E-state index is -4.60. The molecule has 0 amide bonds. The first-order valence-corrected chi connectivity index (χ1v) is 10.2. The lowest BCUT2D eigenvalue weighted by Crippen LogP contribution is -2.10. The van der Waals surface area contributed by atoms with E-state index in [4.69, 9.17) is 21.7 Å². The molecule has 0 spiro atoms. The van der Waals surface area contributed by atoms with Crippen molar-refractivity contribution in [3.8, 4) is 17.6 Å². The maximum absolute atomic E-state index is 12.8. The van der Waals surface area contributed by atoms with Crippen LogP contribution in [0.2, 0.25) is 0 Å². The highest BCUT2D eigenvalue weighted by Crippen LogP contribution is 2.61. The van der Waals surface area contributed by atoms with Gasteiger partial charge in [-0.15, -0.1) is 0 Å². The number of nitriles is 1. The van der Waals surface area contributed by atoms with Crippen LogP contribution in [0.25, 0.3) is 0 Å². The number of rotatable bonds is 7. The third-order valence-electron chi connectivity index (χ3n) is 5.70. The molecule has 1 aliphatic carbocycles. The Bertz CT molecular complexity index is 1030. The van der Waals surface area contributed by atoms with Crippen molar-refractivity contribution in [2.45, 2.75) is 32.4 Å². The SMILES string of the molecule is CC1(C)C(C=C(Cl)C(F)(F)F)C1C(=N)CC(C#N)c1cccc(Oc2ccccc2)c1. The van der Waals surface area contributed by atoms with E-state index in [1.165, 1.54) is 0 Å². The summed E-state index contributed by atoms with van der Waals surface area (Å²) >= 11 is 5.40. The van der Waals surface area contributed by atoms with Crippen molar-refractivity contribution < 1.29 is 17.9 Å². The van der Waals surface area contributed by atoms with E-state index in [0.29, 0.717) is 17.1 Å². The molecule has 3 rings (SSSR count). The van der Waals surface area contributed by atoms with Crippen LogP contribution in [0.1, 0.15) is 31.7 Å². The van der Waals surface area contributed by atoms with Gasteiger partial charge in [0.25, 0.3) is 0 Å². The van der Waals surface area contributed by atoms with Crippen molar-refractivity contribution >= 4 is 17.3 Å². The topological polar surface area (TPSA) is 56.9 Å². The van der Waals surface area contributed by atoms with Crippen LogP contribution in [-0.4, -0.2) is 11.9 Å². The molecule has 3 atom stereocenters. The van der Waals surface area contributed by atoms with Crippen LogP contribution < -0.4 is 4.74 Å². The monoisotopic (exact) mass is 446 g/mol. The predicted molar refractivity (Wildman–Crippen MR) is 114 cm³/mol. The number of halogens is 4. The zero-order valence-corrected chi connectivity index (χ0v) is 17.8. The van der Waals surface area contributed by atoms with Gasteiger partial charge in [0.05, 0.1) is 12.0 Å². The number of hydrogen-bond donors (Lipinski definition) is 1. The van der Waals surface area contributed by atoms with Crippen molar-refractivity contribution in [3.05, 3.63) is 71.3 Å². The molecule has 31 heavy (non-hydrogen) atoms. The molecule has 1 fully saturated rings. The van der Waals surface area contributed by atoms with E-state index in [0.717, 1.165) is 6.08 Å². The fourth-order valence-electron chi connectivity index (χ4n) is 3.91. The van der Waals surface area contributed by atoms with Gasteiger partial charge in [-0.1, -0.05) is 61.9 Å². The summed E-state index contributed by atoms with van der Waals surface area (Å²) in [5.41, 5.74) is 0.430. The smallest absolute Gasteiger partial charge is 0.426 e. The Morgan fingerprint density at radius 1 is 1.19 bits per heavy atom. The van der Waals surface area contributed by atoms with Crippen molar-refractivity contribution in [1.82, 2.24) is 0 Å². The number of nitrogens with zero attached hydrogens (tertiary/aromatic N) is 1. The molecule has 1 N–H and O–H groups in total. The van der Waals surface area contributed by atoms with Gasteiger partial charge in [-0.25, -0.2) is 0 Å². The van der Waals surface area contributed by atoms with E-state index in [1.807, 2.05) is 44.2 Å². The summed E-state index contributed by atoms with van der Waals surface area (Å²) < 4.78 is 44.2. The summed E-state index contributed by atoms with van der Waals surface area (Å²) in [7, 11) is 0. The van der Waals surface area contributed by atoms with Crippen LogP contribution in [-0.2, 0) is 0 Å². The first-order valence-electron chi connectivity index (χ1n) is 9.78. The van der Waals surface area contributed by atoms with E-state index < -0.39 is 28.5 Å². The Kier molecular flexibility index (Phi) is 6.47. The number of alkyl halides is 3. The lowest BCUT2D eigenvalue weighted by molar-refractivity contribution is -0.0848. The van der Waals surface area contributed by atoms with E-state index in [2.05, 4.69) is 6.07 Å². The van der Waals surface area contributed by atoms with Crippen molar-refractivity contribution in [1.29, 1.82) is 10.7 Å². The molecule has 2 aromatic carbocycles. The van der Waals surface area contributed by atoms with Gasteiger partial charge in [0.15, 0.2) is 0 Å². The average Bonchev–Trinajstić information content (AvgIpc) is 3.26. The molecule has 1 saturated carbocycles. The van der Waals surface area contributed by atoms with Gasteiger partial charge in [0.1, 0.15) is 16.5 Å². The maximum Gasteiger partial charge on any atom is 0.426 e. The van der Waals surface area contributed by atoms with Gasteiger partial charge in [-0.2, -0.15) is 18.4 Å². The Labute approximate surface area is 184 Å². The van der Waals surface area contributed by atoms with Gasteiger partial charge in [0.2, 0.25) is 0 Å². The summed E-state index contributed by atoms with van der Waals surface area (Å²) in [5, 5.41) is 17.0.